The lowest BCUT2D eigenvalue weighted by Crippen LogP contribution is -2.17. The Bertz CT molecular complexity index is 1610. The Balaban J connectivity index is 1.39. The van der Waals surface area contributed by atoms with Gasteiger partial charge in [0.1, 0.15) is 0 Å². The molecule has 2 nitrogen and oxygen atoms in total. The molecule has 192 valence electrons. The average Bonchev–Trinajstić information content (AvgIpc) is 3.00. The van der Waals surface area contributed by atoms with Gasteiger partial charge in [-0.2, -0.15) is 0 Å². The molecule has 5 aromatic carbocycles. The fraction of sp³-hybridized carbons (Fsp3) is 0.135. The van der Waals surface area contributed by atoms with E-state index in [0.29, 0.717) is 0 Å². The lowest BCUT2D eigenvalue weighted by Gasteiger charge is -2.26. The van der Waals surface area contributed by atoms with E-state index in [0.717, 1.165) is 42.9 Å². The largest absolute Gasteiger partial charge is 0.397 e. The smallest absolute Gasteiger partial charge is 0.0647 e. The number of nitrogens with zero attached hydrogens (tertiary/aromatic N) is 1. The molecule has 1 aliphatic rings. The Kier molecular flexibility index (Phi) is 7.01. The molecule has 39 heavy (non-hydrogen) atoms. The summed E-state index contributed by atoms with van der Waals surface area (Å²) in [6, 6.07) is 41.3. The predicted octanol–water partition coefficient (Wildman–Crippen LogP) is 9.46. The summed E-state index contributed by atoms with van der Waals surface area (Å²) in [6.07, 6.45) is 7.89. The number of fused-ring (bicyclic) bond motifs is 1. The molecule has 0 aromatic heterocycles. The van der Waals surface area contributed by atoms with Crippen LogP contribution in [0.3, 0.4) is 0 Å². The van der Waals surface area contributed by atoms with Gasteiger partial charge >= 0.3 is 0 Å². The van der Waals surface area contributed by atoms with Crippen molar-refractivity contribution in [2.75, 3.05) is 10.6 Å². The zero-order valence-corrected chi connectivity index (χ0v) is 22.5. The molecule has 2 heteroatoms. The fourth-order valence-electron chi connectivity index (χ4n) is 5.64. The maximum Gasteiger partial charge on any atom is 0.0647 e. The molecule has 0 amide bonds. The first-order valence-electron chi connectivity index (χ1n) is 13.9. The van der Waals surface area contributed by atoms with Gasteiger partial charge in [0.15, 0.2) is 0 Å². The summed E-state index contributed by atoms with van der Waals surface area (Å²) in [5.74, 6) is 0. The molecule has 0 aliphatic heterocycles. The van der Waals surface area contributed by atoms with Gasteiger partial charge in [0.2, 0.25) is 0 Å². The van der Waals surface area contributed by atoms with Gasteiger partial charge < -0.3 is 10.6 Å². The minimum Gasteiger partial charge on any atom is -0.397 e. The van der Waals surface area contributed by atoms with Gasteiger partial charge in [-0.1, -0.05) is 110 Å². The second-order valence-electron chi connectivity index (χ2n) is 10.2. The number of nitrogens with two attached hydrogens (primary N) is 1. The number of hydrogen-bond donors (Lipinski definition) is 1. The third-order valence-electron chi connectivity index (χ3n) is 7.73. The van der Waals surface area contributed by atoms with E-state index >= 15 is 0 Å². The Morgan fingerprint density at radius 1 is 0.718 bits per heavy atom. The van der Waals surface area contributed by atoms with Gasteiger partial charge in [0.05, 0.1) is 11.4 Å². The van der Waals surface area contributed by atoms with Crippen LogP contribution < -0.4 is 10.6 Å². The Morgan fingerprint density at radius 2 is 1.51 bits per heavy atom. The molecule has 0 bridgehead atoms. The van der Waals surface area contributed by atoms with Gasteiger partial charge in [0.25, 0.3) is 0 Å². The number of anilines is 3. The lowest BCUT2D eigenvalue weighted by atomic mass is 9.84. The van der Waals surface area contributed by atoms with E-state index in [1.807, 2.05) is 24.3 Å². The number of benzene rings is 5. The van der Waals surface area contributed by atoms with Crippen molar-refractivity contribution < 1.29 is 0 Å². The first-order chi connectivity index (χ1) is 19.2. The predicted molar refractivity (Wildman–Crippen MR) is 167 cm³/mol. The summed E-state index contributed by atoms with van der Waals surface area (Å²) in [5.41, 5.74) is 19.9. The molecule has 0 heterocycles. The third kappa shape index (κ3) is 5.11. The van der Waals surface area contributed by atoms with Crippen LogP contribution in [-0.4, -0.2) is 0 Å². The van der Waals surface area contributed by atoms with Crippen molar-refractivity contribution in [3.05, 3.63) is 144 Å². The fourth-order valence-corrected chi connectivity index (χ4v) is 5.64. The highest BCUT2D eigenvalue weighted by molar-refractivity contribution is 5.91. The van der Waals surface area contributed by atoms with Gasteiger partial charge in [-0.05, 0) is 88.0 Å². The molecule has 6 rings (SSSR count). The molecular weight excluding hydrogens is 472 g/mol. The van der Waals surface area contributed by atoms with Crippen LogP contribution in [0, 0.1) is 0 Å². The minimum absolute atomic E-state index is 0.733. The van der Waals surface area contributed by atoms with E-state index in [4.69, 9.17) is 5.73 Å². The van der Waals surface area contributed by atoms with Crippen LogP contribution in [0.25, 0.3) is 28.3 Å². The number of rotatable bonds is 7. The molecule has 0 atom stereocenters. The number of aryl methyl sites for hydroxylation is 2. The number of allylic oxidation sites excluding steroid dienone is 1. The second kappa shape index (κ2) is 11.0. The Hall–Kier alpha value is -4.56. The van der Waals surface area contributed by atoms with Gasteiger partial charge in [-0.15, -0.1) is 0 Å². The third-order valence-corrected chi connectivity index (χ3v) is 7.73. The van der Waals surface area contributed by atoms with Crippen molar-refractivity contribution in [1.82, 2.24) is 0 Å². The zero-order valence-electron chi connectivity index (χ0n) is 22.5. The van der Waals surface area contributed by atoms with Crippen LogP contribution in [0.1, 0.15) is 35.6 Å². The molecule has 0 saturated heterocycles. The summed E-state index contributed by atoms with van der Waals surface area (Å²) in [6.45, 7) is 2.96. The summed E-state index contributed by atoms with van der Waals surface area (Å²) >= 11 is 0. The number of hydrogen-bond acceptors (Lipinski definition) is 2. The van der Waals surface area contributed by atoms with Crippen molar-refractivity contribution in [1.29, 1.82) is 0 Å². The summed E-state index contributed by atoms with van der Waals surface area (Å²) in [4.78, 5) is 2.29. The van der Waals surface area contributed by atoms with Crippen molar-refractivity contribution in [3.63, 3.8) is 0 Å². The van der Waals surface area contributed by atoms with E-state index < -0.39 is 0 Å². The van der Waals surface area contributed by atoms with Crippen molar-refractivity contribution in [3.8, 4) is 22.3 Å². The Morgan fingerprint density at radius 3 is 2.31 bits per heavy atom. The van der Waals surface area contributed by atoms with Gasteiger partial charge in [0, 0.05) is 12.2 Å². The highest BCUT2D eigenvalue weighted by Crippen LogP contribution is 2.40. The van der Waals surface area contributed by atoms with E-state index in [1.165, 1.54) is 44.5 Å². The topological polar surface area (TPSA) is 29.3 Å². The second-order valence-corrected chi connectivity index (χ2v) is 10.2. The van der Waals surface area contributed by atoms with Crippen molar-refractivity contribution in [2.24, 2.45) is 0 Å². The minimum atomic E-state index is 0.733. The van der Waals surface area contributed by atoms with Crippen LogP contribution in [0.5, 0.6) is 0 Å². The van der Waals surface area contributed by atoms with Crippen molar-refractivity contribution in [2.45, 2.75) is 32.7 Å². The number of nitrogen functional groups attached to an aromatic ring is 1. The molecule has 1 aliphatic carbocycles. The first kappa shape index (κ1) is 24.8. The zero-order chi connectivity index (χ0) is 26.6. The SMILES string of the molecule is CCc1cccc(-c2c(-c3ccc(CN(c4ccccc4)c4ccccc4N)cc3)ccc3c2C=CCC3)c1. The molecule has 0 fully saturated rings. The van der Waals surface area contributed by atoms with Crippen LogP contribution in [0.2, 0.25) is 0 Å². The monoisotopic (exact) mass is 506 g/mol. The first-order valence-corrected chi connectivity index (χ1v) is 13.9. The summed E-state index contributed by atoms with van der Waals surface area (Å²) < 4.78 is 0. The molecular formula is C37H34N2. The molecule has 0 spiro atoms. The van der Waals surface area contributed by atoms with Gasteiger partial charge in [-0.25, -0.2) is 0 Å². The maximum atomic E-state index is 6.41. The molecule has 0 saturated carbocycles. The highest BCUT2D eigenvalue weighted by Gasteiger charge is 2.18. The number of para-hydroxylation sites is 3. The van der Waals surface area contributed by atoms with Crippen LogP contribution in [-0.2, 0) is 19.4 Å². The molecule has 5 aromatic rings. The normalized spacial score (nSPS) is 12.2. The quantitative estimate of drug-likeness (QED) is 0.223. The van der Waals surface area contributed by atoms with Crippen LogP contribution in [0.4, 0.5) is 17.1 Å². The maximum absolute atomic E-state index is 6.41. The standard InChI is InChI=1S/C37H34N2/c1-2-27-11-10-13-31(25-27)37-33-16-7-6-12-29(33)23-24-34(37)30-21-19-28(20-22-30)26-39(32-14-4-3-5-15-32)36-18-9-8-17-35(36)38/h3-5,7-11,13-25H,2,6,12,26,38H2,1H3. The van der Waals surface area contributed by atoms with Crippen LogP contribution >= 0.6 is 0 Å². The van der Waals surface area contributed by atoms with Crippen molar-refractivity contribution >= 4 is 23.1 Å². The van der Waals surface area contributed by atoms with E-state index in [2.05, 4.69) is 115 Å². The van der Waals surface area contributed by atoms with Gasteiger partial charge in [-0.3, -0.25) is 0 Å². The average molecular weight is 507 g/mol. The lowest BCUT2D eigenvalue weighted by molar-refractivity contribution is 0.977. The van der Waals surface area contributed by atoms with Crippen LogP contribution in [0.15, 0.2) is 121 Å². The highest BCUT2D eigenvalue weighted by atomic mass is 15.1. The van der Waals surface area contributed by atoms with E-state index in [-0.39, 0.29) is 0 Å². The Labute approximate surface area is 232 Å². The molecule has 0 unspecified atom stereocenters. The molecule has 0 radical (unpaired) electrons. The molecule has 2 N–H and O–H groups in total. The van der Waals surface area contributed by atoms with E-state index in [9.17, 15) is 0 Å². The van der Waals surface area contributed by atoms with E-state index in [1.54, 1.807) is 0 Å². The summed E-state index contributed by atoms with van der Waals surface area (Å²) in [7, 11) is 0. The summed E-state index contributed by atoms with van der Waals surface area (Å²) in [5, 5.41) is 0.